The summed E-state index contributed by atoms with van der Waals surface area (Å²) in [4.78, 5) is 24.3. The van der Waals surface area contributed by atoms with E-state index in [1.54, 1.807) is 6.92 Å². The Morgan fingerprint density at radius 2 is 1.95 bits per heavy atom. The number of ether oxygens (including phenoxy) is 1. The Bertz CT molecular complexity index is 343. The van der Waals surface area contributed by atoms with Gasteiger partial charge in [-0.1, -0.05) is 19.3 Å². The van der Waals surface area contributed by atoms with Crippen molar-refractivity contribution in [1.82, 2.24) is 15.5 Å². The first-order valence-corrected chi connectivity index (χ1v) is 6.97. The second-order valence-corrected chi connectivity index (χ2v) is 4.88. The van der Waals surface area contributed by atoms with Crippen molar-refractivity contribution in [3.8, 4) is 0 Å². The predicted molar refractivity (Wildman–Crippen MR) is 75.9 cm³/mol. The van der Waals surface area contributed by atoms with Crippen LogP contribution in [0.2, 0.25) is 0 Å². The van der Waals surface area contributed by atoms with E-state index in [-0.39, 0.29) is 23.8 Å². The van der Waals surface area contributed by atoms with Crippen LogP contribution in [0.15, 0.2) is 0 Å². The molecule has 0 bridgehead atoms. The van der Waals surface area contributed by atoms with Gasteiger partial charge < -0.3 is 10.1 Å². The number of amides is 3. The molecule has 6 nitrogen and oxygen atoms in total. The lowest BCUT2D eigenvalue weighted by atomic mass is 9.96. The largest absolute Gasteiger partial charge is 0.450 e. The fraction of sp³-hybridized carbons (Fsp3) is 0.750. The molecule has 1 aliphatic carbocycles. The molecule has 108 valence electrons. The van der Waals surface area contributed by atoms with E-state index in [0.29, 0.717) is 0 Å². The minimum Gasteiger partial charge on any atom is -0.450 e. The van der Waals surface area contributed by atoms with E-state index in [1.807, 2.05) is 0 Å². The maximum atomic E-state index is 11.9. The van der Waals surface area contributed by atoms with Crippen LogP contribution < -0.4 is 10.6 Å². The average molecular weight is 287 g/mol. The molecular formula is C12H21N3O3S. The van der Waals surface area contributed by atoms with Gasteiger partial charge in [0.1, 0.15) is 0 Å². The van der Waals surface area contributed by atoms with Crippen molar-refractivity contribution in [1.29, 1.82) is 0 Å². The molecule has 1 aliphatic rings. The summed E-state index contributed by atoms with van der Waals surface area (Å²) in [5.41, 5.74) is 0. The van der Waals surface area contributed by atoms with E-state index in [2.05, 4.69) is 10.6 Å². The van der Waals surface area contributed by atoms with Crippen LogP contribution in [0.4, 0.5) is 9.59 Å². The first-order chi connectivity index (χ1) is 9.04. The van der Waals surface area contributed by atoms with Crippen LogP contribution in [-0.2, 0) is 4.74 Å². The molecule has 0 aromatic rings. The zero-order chi connectivity index (χ0) is 14.3. The van der Waals surface area contributed by atoms with Crippen molar-refractivity contribution >= 4 is 29.5 Å². The zero-order valence-electron chi connectivity index (χ0n) is 11.4. The summed E-state index contributed by atoms with van der Waals surface area (Å²) in [6.45, 7) is 1.95. The number of carbonyl (C=O) groups excluding carboxylic acids is 2. The normalized spacial score (nSPS) is 15.5. The summed E-state index contributed by atoms with van der Waals surface area (Å²) in [5, 5.41) is 5.28. The van der Waals surface area contributed by atoms with E-state index in [0.717, 1.165) is 25.7 Å². The maximum absolute atomic E-state index is 11.9. The number of hydrogen-bond donors (Lipinski definition) is 2. The summed E-state index contributed by atoms with van der Waals surface area (Å²) < 4.78 is 4.70. The molecule has 0 aromatic heterocycles. The molecule has 1 rings (SSSR count). The first kappa shape index (κ1) is 15.7. The van der Waals surface area contributed by atoms with Gasteiger partial charge >= 0.3 is 12.1 Å². The SMILES string of the molecule is CCOC(=O)NC(=S)N(C)C(=O)NC1CCCCC1. The molecule has 0 spiro atoms. The third-order valence-electron chi connectivity index (χ3n) is 3.03. The molecular weight excluding hydrogens is 266 g/mol. The molecule has 0 aliphatic heterocycles. The van der Waals surface area contributed by atoms with Crippen LogP contribution in [0.1, 0.15) is 39.0 Å². The van der Waals surface area contributed by atoms with Crippen LogP contribution in [0.5, 0.6) is 0 Å². The van der Waals surface area contributed by atoms with Crippen molar-refractivity contribution < 1.29 is 14.3 Å². The lowest BCUT2D eigenvalue weighted by Crippen LogP contribution is -2.50. The molecule has 0 aromatic carbocycles. The van der Waals surface area contributed by atoms with E-state index < -0.39 is 6.09 Å². The van der Waals surface area contributed by atoms with Crippen molar-refractivity contribution in [3.63, 3.8) is 0 Å². The molecule has 19 heavy (non-hydrogen) atoms. The molecule has 1 saturated carbocycles. The smallest absolute Gasteiger partial charge is 0.413 e. The second kappa shape index (κ2) is 7.93. The van der Waals surface area contributed by atoms with Gasteiger partial charge in [0.15, 0.2) is 5.11 Å². The number of thiocarbonyl (C=S) groups is 1. The highest BCUT2D eigenvalue weighted by atomic mass is 32.1. The minimum atomic E-state index is -0.648. The summed E-state index contributed by atoms with van der Waals surface area (Å²) in [6, 6.07) is -0.0946. The van der Waals surface area contributed by atoms with E-state index in [9.17, 15) is 9.59 Å². The predicted octanol–water partition coefficient (Wildman–Crippen LogP) is 1.99. The minimum absolute atomic E-state index is 0.0340. The molecule has 3 amide bonds. The molecule has 0 unspecified atom stereocenters. The number of nitrogens with one attached hydrogen (secondary N) is 2. The standard InChI is InChI=1S/C12H21N3O3S/c1-3-18-12(17)14-11(19)15(2)10(16)13-9-7-5-4-6-8-9/h9H,3-8H2,1-2H3,(H,13,16)(H,14,17,19). The number of urea groups is 1. The van der Waals surface area contributed by atoms with Crippen molar-refractivity contribution in [2.45, 2.75) is 45.1 Å². The van der Waals surface area contributed by atoms with Gasteiger partial charge in [0.2, 0.25) is 0 Å². The second-order valence-electron chi connectivity index (χ2n) is 4.49. The number of rotatable bonds is 2. The fourth-order valence-electron chi connectivity index (χ4n) is 1.95. The summed E-state index contributed by atoms with van der Waals surface area (Å²) in [7, 11) is 1.52. The van der Waals surface area contributed by atoms with Crippen molar-refractivity contribution in [2.24, 2.45) is 0 Å². The van der Waals surface area contributed by atoms with Crippen LogP contribution in [0, 0.1) is 0 Å². The highest BCUT2D eigenvalue weighted by molar-refractivity contribution is 7.80. The van der Waals surface area contributed by atoms with Crippen molar-refractivity contribution in [3.05, 3.63) is 0 Å². The Morgan fingerprint density at radius 1 is 1.32 bits per heavy atom. The van der Waals surface area contributed by atoms with Gasteiger partial charge in [-0.2, -0.15) is 0 Å². The van der Waals surface area contributed by atoms with Crippen LogP contribution in [0.25, 0.3) is 0 Å². The number of hydrogen-bond acceptors (Lipinski definition) is 4. The molecule has 0 saturated heterocycles. The van der Waals surface area contributed by atoms with Gasteiger partial charge in [0.05, 0.1) is 6.61 Å². The summed E-state index contributed by atoms with van der Waals surface area (Å²) in [5.74, 6) is 0. The van der Waals surface area contributed by atoms with Crippen LogP contribution in [0.3, 0.4) is 0 Å². The van der Waals surface area contributed by atoms with Crippen LogP contribution >= 0.6 is 12.2 Å². The Hall–Kier alpha value is -1.37. The molecule has 1 fully saturated rings. The average Bonchev–Trinajstić information content (AvgIpc) is 2.39. The topological polar surface area (TPSA) is 70.7 Å². The molecule has 0 heterocycles. The third-order valence-corrected chi connectivity index (χ3v) is 3.40. The van der Waals surface area contributed by atoms with Gasteiger partial charge in [-0.05, 0) is 32.0 Å². The Kier molecular flexibility index (Phi) is 6.55. The third kappa shape index (κ3) is 5.42. The molecule has 7 heteroatoms. The Labute approximate surface area is 118 Å². The van der Waals surface area contributed by atoms with Crippen LogP contribution in [-0.4, -0.2) is 41.8 Å². The lowest BCUT2D eigenvalue weighted by molar-refractivity contribution is 0.157. The fourth-order valence-corrected chi connectivity index (χ4v) is 2.12. The summed E-state index contributed by atoms with van der Waals surface area (Å²) >= 11 is 4.96. The lowest BCUT2D eigenvalue weighted by Gasteiger charge is -2.26. The van der Waals surface area contributed by atoms with Crippen molar-refractivity contribution in [2.75, 3.05) is 13.7 Å². The Balaban J connectivity index is 2.37. The van der Waals surface area contributed by atoms with Gasteiger partial charge in [0.25, 0.3) is 0 Å². The van der Waals surface area contributed by atoms with E-state index in [1.165, 1.54) is 18.4 Å². The number of carbonyl (C=O) groups is 2. The molecule has 0 atom stereocenters. The van der Waals surface area contributed by atoms with Gasteiger partial charge in [-0.15, -0.1) is 0 Å². The molecule has 2 N–H and O–H groups in total. The first-order valence-electron chi connectivity index (χ1n) is 6.56. The number of nitrogens with zero attached hydrogens (tertiary/aromatic N) is 1. The maximum Gasteiger partial charge on any atom is 0.413 e. The highest BCUT2D eigenvalue weighted by Crippen LogP contribution is 2.17. The van der Waals surface area contributed by atoms with Gasteiger partial charge in [-0.3, -0.25) is 10.2 Å². The number of alkyl carbamates (subject to hydrolysis) is 1. The van der Waals surface area contributed by atoms with E-state index in [4.69, 9.17) is 17.0 Å². The monoisotopic (exact) mass is 287 g/mol. The summed E-state index contributed by atoms with van der Waals surface area (Å²) in [6.07, 6.45) is 4.85. The Morgan fingerprint density at radius 3 is 2.53 bits per heavy atom. The zero-order valence-corrected chi connectivity index (χ0v) is 12.2. The van der Waals surface area contributed by atoms with E-state index >= 15 is 0 Å². The highest BCUT2D eigenvalue weighted by Gasteiger charge is 2.20. The molecule has 0 radical (unpaired) electrons. The van der Waals surface area contributed by atoms with Gasteiger partial charge in [-0.25, -0.2) is 9.59 Å². The quantitative estimate of drug-likeness (QED) is 0.762. The van der Waals surface area contributed by atoms with Gasteiger partial charge in [0, 0.05) is 13.1 Å².